The summed E-state index contributed by atoms with van der Waals surface area (Å²) in [6.45, 7) is 2.43. The van der Waals surface area contributed by atoms with Gasteiger partial charge < -0.3 is 19.4 Å². The maximum absolute atomic E-state index is 5.92. The van der Waals surface area contributed by atoms with Crippen LogP contribution in [0.2, 0.25) is 0 Å². The number of rotatable bonds is 7. The fourth-order valence-corrected chi connectivity index (χ4v) is 2.61. The third-order valence-electron chi connectivity index (χ3n) is 3.66. The molecule has 1 aliphatic heterocycles. The number of anilines is 1. The highest BCUT2D eigenvalue weighted by atomic mass is 16.5. The summed E-state index contributed by atoms with van der Waals surface area (Å²) in [7, 11) is 1.72. The van der Waals surface area contributed by atoms with Crippen molar-refractivity contribution < 1.29 is 9.47 Å². The van der Waals surface area contributed by atoms with Gasteiger partial charge in [0.05, 0.1) is 6.54 Å². The molecular formula is C16H21N3O2. The van der Waals surface area contributed by atoms with Gasteiger partial charge in [-0.05, 0) is 18.1 Å². The lowest BCUT2D eigenvalue weighted by atomic mass is 10.1. The van der Waals surface area contributed by atoms with Crippen molar-refractivity contribution in [2.75, 3.05) is 25.6 Å². The number of imidazole rings is 1. The van der Waals surface area contributed by atoms with Crippen LogP contribution in [0.4, 0.5) is 5.95 Å². The van der Waals surface area contributed by atoms with E-state index in [4.69, 9.17) is 9.47 Å². The van der Waals surface area contributed by atoms with Crippen molar-refractivity contribution in [2.45, 2.75) is 25.5 Å². The first kappa shape index (κ1) is 13.9. The third-order valence-corrected chi connectivity index (χ3v) is 3.66. The molecule has 1 unspecified atom stereocenters. The van der Waals surface area contributed by atoms with Gasteiger partial charge in [-0.3, -0.25) is 0 Å². The van der Waals surface area contributed by atoms with E-state index in [1.807, 2.05) is 24.5 Å². The van der Waals surface area contributed by atoms with Crippen molar-refractivity contribution >= 4 is 5.95 Å². The highest BCUT2D eigenvalue weighted by molar-refractivity contribution is 5.38. The highest BCUT2D eigenvalue weighted by Gasteiger charge is 2.22. The monoisotopic (exact) mass is 287 g/mol. The lowest BCUT2D eigenvalue weighted by molar-refractivity contribution is 0.190. The van der Waals surface area contributed by atoms with Gasteiger partial charge >= 0.3 is 0 Å². The van der Waals surface area contributed by atoms with Gasteiger partial charge in [0.1, 0.15) is 11.9 Å². The number of para-hydroxylation sites is 1. The van der Waals surface area contributed by atoms with E-state index in [2.05, 4.69) is 27.0 Å². The molecule has 112 valence electrons. The summed E-state index contributed by atoms with van der Waals surface area (Å²) in [4.78, 5) is 4.36. The molecular weight excluding hydrogens is 266 g/mol. The molecule has 0 saturated carbocycles. The minimum Gasteiger partial charge on any atom is -0.488 e. The number of aryl methyl sites for hydroxylation is 1. The molecule has 1 atom stereocenters. The summed E-state index contributed by atoms with van der Waals surface area (Å²) in [6, 6.07) is 8.22. The number of nitrogens with zero attached hydrogens (tertiary/aromatic N) is 2. The molecule has 0 fully saturated rings. The number of fused-ring (bicyclic) bond motifs is 1. The fourth-order valence-electron chi connectivity index (χ4n) is 2.61. The van der Waals surface area contributed by atoms with E-state index < -0.39 is 0 Å². The van der Waals surface area contributed by atoms with Gasteiger partial charge in [0.15, 0.2) is 0 Å². The molecule has 21 heavy (non-hydrogen) atoms. The maximum Gasteiger partial charge on any atom is 0.202 e. The number of benzene rings is 1. The molecule has 0 amide bonds. The summed E-state index contributed by atoms with van der Waals surface area (Å²) < 4.78 is 13.1. The normalized spacial score (nSPS) is 16.5. The third kappa shape index (κ3) is 3.36. The number of ether oxygens (including phenoxy) is 2. The first-order valence-corrected chi connectivity index (χ1v) is 7.35. The van der Waals surface area contributed by atoms with E-state index in [0.29, 0.717) is 0 Å². The molecule has 0 radical (unpaired) electrons. The Bertz CT molecular complexity index is 557. The Hall–Kier alpha value is -2.01. The van der Waals surface area contributed by atoms with Gasteiger partial charge in [0.25, 0.3) is 0 Å². The second-order valence-corrected chi connectivity index (χ2v) is 5.22. The van der Waals surface area contributed by atoms with Crippen molar-refractivity contribution in [3.05, 3.63) is 42.2 Å². The largest absolute Gasteiger partial charge is 0.488 e. The zero-order valence-corrected chi connectivity index (χ0v) is 12.3. The van der Waals surface area contributed by atoms with Crippen molar-refractivity contribution in [1.82, 2.24) is 9.55 Å². The zero-order chi connectivity index (χ0) is 14.5. The van der Waals surface area contributed by atoms with Crippen LogP contribution in [0.15, 0.2) is 36.7 Å². The zero-order valence-electron chi connectivity index (χ0n) is 12.3. The number of hydrogen-bond donors (Lipinski definition) is 1. The summed E-state index contributed by atoms with van der Waals surface area (Å²) in [6.07, 6.45) is 5.91. The molecule has 2 heterocycles. The maximum atomic E-state index is 5.92. The van der Waals surface area contributed by atoms with E-state index in [9.17, 15) is 0 Å². The van der Waals surface area contributed by atoms with E-state index in [-0.39, 0.29) is 6.10 Å². The molecule has 1 aromatic heterocycles. The average molecular weight is 287 g/mol. The fraction of sp³-hybridized carbons (Fsp3) is 0.438. The topological polar surface area (TPSA) is 48.3 Å². The first-order chi connectivity index (χ1) is 10.4. The summed E-state index contributed by atoms with van der Waals surface area (Å²) >= 11 is 0. The Balaban J connectivity index is 1.51. The Morgan fingerprint density at radius 2 is 2.33 bits per heavy atom. The average Bonchev–Trinajstić information content (AvgIpc) is 3.11. The molecule has 1 aromatic carbocycles. The molecule has 0 bridgehead atoms. The van der Waals surface area contributed by atoms with Gasteiger partial charge in [0, 0.05) is 39.1 Å². The Kier molecular flexibility index (Phi) is 4.40. The Morgan fingerprint density at radius 3 is 3.19 bits per heavy atom. The van der Waals surface area contributed by atoms with Crippen LogP contribution < -0.4 is 10.1 Å². The van der Waals surface area contributed by atoms with Crippen molar-refractivity contribution in [1.29, 1.82) is 0 Å². The predicted octanol–water partition coefficient (Wildman–Crippen LogP) is 2.34. The SMILES string of the molecule is COCCCn1ccnc1NCC1Cc2ccccc2O1. The van der Waals surface area contributed by atoms with E-state index in [1.165, 1.54) is 5.56 Å². The molecule has 1 aliphatic rings. The van der Waals surface area contributed by atoms with Crippen molar-refractivity contribution in [3.8, 4) is 5.75 Å². The van der Waals surface area contributed by atoms with Crippen LogP contribution in [0, 0.1) is 0 Å². The first-order valence-electron chi connectivity index (χ1n) is 7.35. The van der Waals surface area contributed by atoms with Crippen LogP contribution in [0.25, 0.3) is 0 Å². The number of hydrogen-bond acceptors (Lipinski definition) is 4. The molecule has 0 saturated heterocycles. The second-order valence-electron chi connectivity index (χ2n) is 5.22. The van der Waals surface area contributed by atoms with Gasteiger partial charge in [-0.2, -0.15) is 0 Å². The molecule has 0 spiro atoms. The van der Waals surface area contributed by atoms with Crippen LogP contribution in [-0.2, 0) is 17.7 Å². The molecule has 2 aromatic rings. The summed E-state index contributed by atoms with van der Waals surface area (Å²) in [5, 5.41) is 3.38. The minimum atomic E-state index is 0.173. The van der Waals surface area contributed by atoms with Crippen LogP contribution in [0.1, 0.15) is 12.0 Å². The Morgan fingerprint density at radius 1 is 1.43 bits per heavy atom. The molecule has 3 rings (SSSR count). The van der Waals surface area contributed by atoms with Crippen molar-refractivity contribution in [2.24, 2.45) is 0 Å². The molecule has 0 aliphatic carbocycles. The van der Waals surface area contributed by atoms with E-state index in [0.717, 1.165) is 44.2 Å². The van der Waals surface area contributed by atoms with Crippen LogP contribution >= 0.6 is 0 Å². The smallest absolute Gasteiger partial charge is 0.202 e. The van der Waals surface area contributed by atoms with Crippen molar-refractivity contribution in [3.63, 3.8) is 0 Å². The van der Waals surface area contributed by atoms with E-state index >= 15 is 0 Å². The predicted molar refractivity (Wildman–Crippen MR) is 81.8 cm³/mol. The van der Waals surface area contributed by atoms with Gasteiger partial charge in [-0.1, -0.05) is 18.2 Å². The second kappa shape index (κ2) is 6.63. The summed E-state index contributed by atoms with van der Waals surface area (Å²) in [5.41, 5.74) is 1.28. The molecule has 1 N–H and O–H groups in total. The van der Waals surface area contributed by atoms with Crippen LogP contribution in [0.5, 0.6) is 5.75 Å². The van der Waals surface area contributed by atoms with Crippen LogP contribution in [0.3, 0.4) is 0 Å². The van der Waals surface area contributed by atoms with Gasteiger partial charge in [-0.25, -0.2) is 4.98 Å². The minimum absolute atomic E-state index is 0.173. The highest BCUT2D eigenvalue weighted by Crippen LogP contribution is 2.28. The van der Waals surface area contributed by atoms with Gasteiger partial charge in [0.2, 0.25) is 5.95 Å². The molecule has 5 heteroatoms. The van der Waals surface area contributed by atoms with E-state index in [1.54, 1.807) is 7.11 Å². The van der Waals surface area contributed by atoms with Crippen LogP contribution in [-0.4, -0.2) is 35.9 Å². The summed E-state index contributed by atoms with van der Waals surface area (Å²) in [5.74, 6) is 1.90. The number of aromatic nitrogens is 2. The molecule has 5 nitrogen and oxygen atoms in total. The Labute approximate surface area is 124 Å². The lowest BCUT2D eigenvalue weighted by Crippen LogP contribution is -2.25. The quantitative estimate of drug-likeness (QED) is 0.794. The number of methoxy groups -OCH3 is 1. The lowest BCUT2D eigenvalue weighted by Gasteiger charge is -2.14. The van der Waals surface area contributed by atoms with Gasteiger partial charge in [-0.15, -0.1) is 0 Å². The standard InChI is InChI=1S/C16H21N3O2/c1-20-10-4-8-19-9-7-17-16(19)18-12-14-11-13-5-2-3-6-15(13)21-14/h2-3,5-7,9,14H,4,8,10-12H2,1H3,(H,17,18). The number of nitrogens with one attached hydrogen (secondary N) is 1.